The first-order chi connectivity index (χ1) is 23.9. The van der Waals surface area contributed by atoms with Gasteiger partial charge in [0.15, 0.2) is 0 Å². The van der Waals surface area contributed by atoms with Gasteiger partial charge in [0.05, 0.1) is 12.8 Å². The molecule has 6 nitrogen and oxygen atoms in total. The van der Waals surface area contributed by atoms with Gasteiger partial charge in [-0.3, -0.25) is 9.59 Å². The third-order valence-electron chi connectivity index (χ3n) is 15.2. The molecule has 8 rings (SSSR count). The Morgan fingerprint density at radius 2 is 1.10 bits per heavy atom. The molecule has 0 amide bonds. The quantitative estimate of drug-likeness (QED) is 0.195. The van der Waals surface area contributed by atoms with Crippen LogP contribution in [0.2, 0.25) is 0 Å². The highest BCUT2D eigenvalue weighted by atomic mass is 16.5. The zero-order chi connectivity index (χ0) is 35.1. The number of hydrogen-bond donors (Lipinski definition) is 2. The summed E-state index contributed by atoms with van der Waals surface area (Å²) in [5.41, 5.74) is 2.64. The van der Waals surface area contributed by atoms with Crippen LogP contribution in [0.25, 0.3) is 0 Å². The van der Waals surface area contributed by atoms with Crippen LogP contribution in [-0.2, 0) is 22.4 Å². The summed E-state index contributed by atoms with van der Waals surface area (Å²) in [4.78, 5) is 25.6. The van der Waals surface area contributed by atoms with Crippen molar-refractivity contribution in [3.63, 3.8) is 0 Å². The number of rotatable bonds is 5. The Morgan fingerprint density at radius 3 is 1.50 bits per heavy atom. The predicted octanol–water partition coefficient (Wildman–Crippen LogP) is 7.42. The Kier molecular flexibility index (Phi) is 8.05. The second-order valence-electron chi connectivity index (χ2n) is 17.0. The molecule has 0 aliphatic heterocycles. The van der Waals surface area contributed by atoms with E-state index >= 15 is 0 Å². The Hall–Kier alpha value is -3.58. The Labute approximate surface area is 296 Å². The molecule has 4 fully saturated rings. The minimum atomic E-state index is -1.01. The fourth-order valence-corrected chi connectivity index (χ4v) is 12.3. The molecule has 0 aromatic heterocycles. The van der Waals surface area contributed by atoms with Crippen molar-refractivity contribution in [2.24, 2.45) is 34.5 Å². The van der Waals surface area contributed by atoms with E-state index < -0.39 is 23.1 Å². The summed E-state index contributed by atoms with van der Waals surface area (Å²) in [6, 6.07) is 12.0. The molecule has 10 atom stereocenters. The Balaban J connectivity index is 0.850. The van der Waals surface area contributed by atoms with E-state index in [1.54, 1.807) is 0 Å². The molecule has 2 aromatic carbocycles. The van der Waals surface area contributed by atoms with Crippen LogP contribution in [0.1, 0.15) is 125 Å². The number of terminal acetylenes is 2. The third-order valence-corrected chi connectivity index (χ3v) is 15.2. The van der Waals surface area contributed by atoms with Crippen LogP contribution in [0, 0.1) is 59.2 Å². The van der Waals surface area contributed by atoms with E-state index in [1.807, 2.05) is 24.3 Å². The van der Waals surface area contributed by atoms with Gasteiger partial charge in [-0.15, -0.1) is 12.8 Å². The number of fused-ring (bicyclic) bond motifs is 10. The minimum absolute atomic E-state index is 0.0577. The maximum Gasteiger partial charge on any atom is 0.311 e. The van der Waals surface area contributed by atoms with Crippen molar-refractivity contribution in [2.75, 3.05) is 0 Å². The van der Waals surface area contributed by atoms with Crippen LogP contribution >= 0.6 is 0 Å². The molecular formula is C44H50O6. The average molecular weight is 675 g/mol. The standard InChI is InChI=1S/C44H50O6/c1-5-43(47)23-19-37-35-11-7-27-25-29(9-13-31(27)33(35)17-21-41(37,43)3)49-39(45)15-16-40(46)50-30-10-14-32-28(26-30)8-12-36-34(32)18-22-42(4)38(36)20-24-44(42,48)6-2/h1-2,9-10,13-14,25-26,33-38,47-48H,7-8,11-12,15-24H2,3-4H3/t33-,34-,35-,36-,37+,38+,41+,42+,43+,44+/m1/s1. The van der Waals surface area contributed by atoms with Gasteiger partial charge in [-0.1, -0.05) is 37.8 Å². The number of aliphatic hydroxyl groups is 2. The molecule has 0 spiro atoms. The van der Waals surface area contributed by atoms with Gasteiger partial charge in [0.2, 0.25) is 0 Å². The van der Waals surface area contributed by atoms with Gasteiger partial charge < -0.3 is 19.7 Å². The molecule has 4 saturated carbocycles. The lowest BCUT2D eigenvalue weighted by Crippen LogP contribution is -2.50. The molecule has 262 valence electrons. The van der Waals surface area contributed by atoms with Gasteiger partial charge in [-0.05, 0) is 159 Å². The molecule has 0 bridgehead atoms. The molecule has 6 heteroatoms. The fraction of sp³-hybridized carbons (Fsp3) is 0.591. The van der Waals surface area contributed by atoms with Gasteiger partial charge in [0.25, 0.3) is 0 Å². The Bertz CT molecular complexity index is 1680. The molecule has 0 heterocycles. The van der Waals surface area contributed by atoms with E-state index in [2.05, 4.69) is 37.8 Å². The summed E-state index contributed by atoms with van der Waals surface area (Å²) in [6.07, 6.45) is 22.6. The maximum atomic E-state index is 12.8. The minimum Gasteiger partial charge on any atom is -0.427 e. The van der Waals surface area contributed by atoms with E-state index in [4.69, 9.17) is 22.3 Å². The summed E-state index contributed by atoms with van der Waals surface area (Å²) in [5.74, 6) is 8.33. The largest absolute Gasteiger partial charge is 0.427 e. The molecule has 0 radical (unpaired) electrons. The summed E-state index contributed by atoms with van der Waals surface area (Å²) in [5, 5.41) is 22.4. The molecule has 6 aliphatic carbocycles. The van der Waals surface area contributed by atoms with Crippen molar-refractivity contribution >= 4 is 11.9 Å². The normalized spacial score (nSPS) is 39.2. The van der Waals surface area contributed by atoms with E-state index in [0.717, 1.165) is 64.2 Å². The monoisotopic (exact) mass is 674 g/mol. The van der Waals surface area contributed by atoms with E-state index in [9.17, 15) is 19.8 Å². The topological polar surface area (TPSA) is 93.1 Å². The second-order valence-corrected chi connectivity index (χ2v) is 17.0. The fourth-order valence-electron chi connectivity index (χ4n) is 12.3. The number of hydrogen-bond acceptors (Lipinski definition) is 6. The van der Waals surface area contributed by atoms with Gasteiger partial charge in [0, 0.05) is 10.8 Å². The van der Waals surface area contributed by atoms with E-state index in [-0.39, 0.29) is 23.7 Å². The van der Waals surface area contributed by atoms with Crippen molar-refractivity contribution in [1.82, 2.24) is 0 Å². The summed E-state index contributed by atoms with van der Waals surface area (Å²) in [7, 11) is 0. The molecule has 2 aromatic rings. The van der Waals surface area contributed by atoms with Gasteiger partial charge >= 0.3 is 11.9 Å². The average Bonchev–Trinajstić information content (AvgIpc) is 3.55. The van der Waals surface area contributed by atoms with Gasteiger partial charge in [0.1, 0.15) is 22.7 Å². The second kappa shape index (κ2) is 12.0. The van der Waals surface area contributed by atoms with Crippen LogP contribution in [0.4, 0.5) is 0 Å². The molecule has 2 N–H and O–H groups in total. The summed E-state index contributed by atoms with van der Waals surface area (Å²) >= 11 is 0. The number of aryl methyl sites for hydroxylation is 2. The Morgan fingerprint density at radius 1 is 0.680 bits per heavy atom. The SMILES string of the molecule is C#C[C@]1(O)CC[C@H]2[C@@H]3CCc4cc(OC(=O)CCC(=O)Oc5ccc6c(c5)CC[C@@H]5[C@@H]6CC[C@@]6(C)[C@H]5CC[C@@]6(O)C#C)ccc4[C@H]3CC[C@@]21C. The lowest BCUT2D eigenvalue weighted by atomic mass is 9.53. The molecule has 0 saturated heterocycles. The lowest BCUT2D eigenvalue weighted by Gasteiger charge is -2.52. The maximum absolute atomic E-state index is 12.8. The van der Waals surface area contributed by atoms with Crippen molar-refractivity contribution in [2.45, 2.75) is 127 Å². The van der Waals surface area contributed by atoms with Crippen molar-refractivity contribution in [1.29, 1.82) is 0 Å². The summed E-state index contributed by atoms with van der Waals surface area (Å²) < 4.78 is 11.4. The van der Waals surface area contributed by atoms with Crippen molar-refractivity contribution in [3.05, 3.63) is 58.7 Å². The highest BCUT2D eigenvalue weighted by Gasteiger charge is 2.62. The van der Waals surface area contributed by atoms with Crippen LogP contribution < -0.4 is 9.47 Å². The van der Waals surface area contributed by atoms with Gasteiger partial charge in [-0.2, -0.15) is 0 Å². The number of benzene rings is 2. The predicted molar refractivity (Wildman–Crippen MR) is 190 cm³/mol. The first-order valence-electron chi connectivity index (χ1n) is 19.0. The highest BCUT2D eigenvalue weighted by Crippen LogP contribution is 2.65. The van der Waals surface area contributed by atoms with Crippen molar-refractivity contribution in [3.8, 4) is 36.2 Å². The van der Waals surface area contributed by atoms with Crippen LogP contribution in [0.5, 0.6) is 11.5 Å². The molecule has 0 unspecified atom stereocenters. The van der Waals surface area contributed by atoms with E-state index in [0.29, 0.717) is 59.8 Å². The first-order valence-corrected chi connectivity index (χ1v) is 19.0. The highest BCUT2D eigenvalue weighted by molar-refractivity contribution is 5.80. The number of carbonyl (C=O) groups is 2. The van der Waals surface area contributed by atoms with Crippen LogP contribution in [0.15, 0.2) is 36.4 Å². The summed E-state index contributed by atoms with van der Waals surface area (Å²) in [6.45, 7) is 4.39. The zero-order valence-electron chi connectivity index (χ0n) is 29.5. The van der Waals surface area contributed by atoms with E-state index in [1.165, 1.54) is 22.3 Å². The number of ether oxygens (including phenoxy) is 2. The lowest BCUT2D eigenvalue weighted by molar-refractivity contribution is -0.140. The number of carbonyl (C=O) groups excluding carboxylic acids is 2. The van der Waals surface area contributed by atoms with Crippen LogP contribution in [0.3, 0.4) is 0 Å². The first kappa shape index (κ1) is 33.6. The van der Waals surface area contributed by atoms with Gasteiger partial charge in [-0.25, -0.2) is 0 Å². The zero-order valence-corrected chi connectivity index (χ0v) is 29.5. The van der Waals surface area contributed by atoms with Crippen LogP contribution in [-0.4, -0.2) is 33.4 Å². The smallest absolute Gasteiger partial charge is 0.311 e. The number of esters is 2. The molecular weight excluding hydrogens is 624 g/mol. The molecule has 6 aliphatic rings. The molecule has 50 heavy (non-hydrogen) atoms. The third kappa shape index (κ3) is 5.00. The van der Waals surface area contributed by atoms with Crippen molar-refractivity contribution < 1.29 is 29.3 Å².